The molecule has 0 aliphatic heterocycles. The summed E-state index contributed by atoms with van der Waals surface area (Å²) in [4.78, 5) is 25.1. The number of nitrogens with zero attached hydrogens (tertiary/aromatic N) is 5. The third kappa shape index (κ3) is 2.82. The summed E-state index contributed by atoms with van der Waals surface area (Å²) in [5, 5.41) is 21.4. The number of hydrogen-bond donors (Lipinski definition) is 1. The van der Waals surface area contributed by atoms with Crippen molar-refractivity contribution < 1.29 is 14.7 Å². The molecule has 106 valence electrons. The van der Waals surface area contributed by atoms with E-state index in [1.165, 1.54) is 27.2 Å². The summed E-state index contributed by atoms with van der Waals surface area (Å²) in [5.41, 5.74) is 0.543. The number of amides is 1. The van der Waals surface area contributed by atoms with Crippen LogP contribution in [0.3, 0.4) is 0 Å². The minimum Gasteiger partial charge on any atom is -0.480 e. The molecule has 0 fully saturated rings. The van der Waals surface area contributed by atoms with Gasteiger partial charge >= 0.3 is 5.97 Å². The van der Waals surface area contributed by atoms with E-state index >= 15 is 0 Å². The molecule has 0 aromatic carbocycles. The van der Waals surface area contributed by atoms with Crippen LogP contribution in [0.1, 0.15) is 23.5 Å². The molecule has 9 heteroatoms. The molecule has 0 radical (unpaired) electrons. The van der Waals surface area contributed by atoms with Gasteiger partial charge in [0.2, 0.25) is 0 Å². The lowest BCUT2D eigenvalue weighted by atomic mass is 10.2. The normalized spacial score (nSPS) is 10.8. The molecule has 20 heavy (non-hydrogen) atoms. The molecule has 2 aromatic rings. The molecule has 8 nitrogen and oxygen atoms in total. The van der Waals surface area contributed by atoms with Crippen LogP contribution < -0.4 is 0 Å². The SMILES string of the molecule is CC(C)N(CC(=O)O)C(=O)c1sccc1-n1cnnn1. The van der Waals surface area contributed by atoms with Crippen LogP contribution in [0.15, 0.2) is 17.8 Å². The van der Waals surface area contributed by atoms with Crippen molar-refractivity contribution in [1.29, 1.82) is 0 Å². The average molecular weight is 295 g/mol. The summed E-state index contributed by atoms with van der Waals surface area (Å²) in [7, 11) is 0. The van der Waals surface area contributed by atoms with Crippen molar-refractivity contribution >= 4 is 23.2 Å². The van der Waals surface area contributed by atoms with Crippen molar-refractivity contribution in [3.05, 3.63) is 22.7 Å². The van der Waals surface area contributed by atoms with Crippen molar-refractivity contribution in [2.45, 2.75) is 19.9 Å². The molecule has 0 unspecified atom stereocenters. The lowest BCUT2D eigenvalue weighted by molar-refractivity contribution is -0.138. The fourth-order valence-electron chi connectivity index (χ4n) is 1.68. The zero-order chi connectivity index (χ0) is 14.7. The van der Waals surface area contributed by atoms with Gasteiger partial charge in [-0.15, -0.1) is 16.4 Å². The van der Waals surface area contributed by atoms with Crippen LogP contribution in [-0.4, -0.2) is 54.7 Å². The van der Waals surface area contributed by atoms with E-state index in [-0.39, 0.29) is 18.5 Å². The van der Waals surface area contributed by atoms with Gasteiger partial charge in [-0.3, -0.25) is 9.59 Å². The van der Waals surface area contributed by atoms with Crippen molar-refractivity contribution in [3.8, 4) is 5.69 Å². The third-order valence-corrected chi connectivity index (χ3v) is 3.52. The second-order valence-corrected chi connectivity index (χ2v) is 5.23. The van der Waals surface area contributed by atoms with Gasteiger partial charge < -0.3 is 10.0 Å². The number of aromatic nitrogens is 4. The summed E-state index contributed by atoms with van der Waals surface area (Å²) in [6, 6.07) is 1.50. The summed E-state index contributed by atoms with van der Waals surface area (Å²) < 4.78 is 1.38. The summed E-state index contributed by atoms with van der Waals surface area (Å²) in [5.74, 6) is -1.39. The van der Waals surface area contributed by atoms with E-state index in [4.69, 9.17) is 5.11 Å². The Labute approximate surface area is 118 Å². The highest BCUT2D eigenvalue weighted by Crippen LogP contribution is 2.22. The first-order valence-electron chi connectivity index (χ1n) is 5.84. The molecule has 0 aliphatic rings. The minimum absolute atomic E-state index is 0.220. The van der Waals surface area contributed by atoms with Gasteiger partial charge in [-0.2, -0.15) is 4.68 Å². The van der Waals surface area contributed by atoms with Crippen molar-refractivity contribution in [2.24, 2.45) is 0 Å². The molecule has 0 saturated carbocycles. The van der Waals surface area contributed by atoms with E-state index in [0.29, 0.717) is 10.6 Å². The molecule has 2 rings (SSSR count). The topological polar surface area (TPSA) is 101 Å². The van der Waals surface area contributed by atoms with Gasteiger partial charge in [0.15, 0.2) is 0 Å². The first-order chi connectivity index (χ1) is 9.50. The smallest absolute Gasteiger partial charge is 0.323 e. The second kappa shape index (κ2) is 5.78. The molecule has 1 amide bonds. The molecular weight excluding hydrogens is 282 g/mol. The summed E-state index contributed by atoms with van der Waals surface area (Å²) in [6.45, 7) is 3.19. The van der Waals surface area contributed by atoms with Crippen LogP contribution in [0, 0.1) is 0 Å². The summed E-state index contributed by atoms with van der Waals surface area (Å²) >= 11 is 1.23. The second-order valence-electron chi connectivity index (χ2n) is 4.31. The molecule has 0 bridgehead atoms. The van der Waals surface area contributed by atoms with Gasteiger partial charge in [-0.25, -0.2) is 0 Å². The number of tetrazole rings is 1. The molecule has 1 N–H and O–H groups in total. The molecule has 0 aliphatic carbocycles. The predicted octanol–water partition coefficient (Wildman–Crippen LogP) is 0.659. The number of carbonyl (C=O) groups excluding carboxylic acids is 1. The number of rotatable bonds is 5. The Morgan fingerprint density at radius 1 is 1.50 bits per heavy atom. The van der Waals surface area contributed by atoms with E-state index in [1.807, 2.05) is 0 Å². The highest BCUT2D eigenvalue weighted by Gasteiger charge is 2.25. The van der Waals surface area contributed by atoms with Crippen molar-refractivity contribution in [3.63, 3.8) is 0 Å². The van der Waals surface area contributed by atoms with E-state index in [1.54, 1.807) is 25.3 Å². The maximum Gasteiger partial charge on any atom is 0.323 e. The molecule has 0 saturated heterocycles. The van der Waals surface area contributed by atoms with E-state index in [2.05, 4.69) is 15.5 Å². The Hall–Kier alpha value is -2.29. The number of carboxylic acids is 1. The molecule has 0 spiro atoms. The zero-order valence-electron chi connectivity index (χ0n) is 10.9. The Balaban J connectivity index is 2.33. The van der Waals surface area contributed by atoms with E-state index < -0.39 is 5.97 Å². The largest absolute Gasteiger partial charge is 0.480 e. The van der Waals surface area contributed by atoms with Crippen LogP contribution in [0.4, 0.5) is 0 Å². The minimum atomic E-state index is -1.05. The van der Waals surface area contributed by atoms with Crippen LogP contribution in [-0.2, 0) is 4.79 Å². The Kier molecular flexibility index (Phi) is 4.08. The predicted molar refractivity (Wildman–Crippen MR) is 70.8 cm³/mol. The maximum atomic E-state index is 12.5. The third-order valence-electron chi connectivity index (χ3n) is 2.62. The quantitative estimate of drug-likeness (QED) is 0.869. The fourth-order valence-corrected chi connectivity index (χ4v) is 2.51. The van der Waals surface area contributed by atoms with E-state index in [0.717, 1.165) is 0 Å². The van der Waals surface area contributed by atoms with Crippen molar-refractivity contribution in [2.75, 3.05) is 6.54 Å². The first kappa shape index (κ1) is 14.1. The monoisotopic (exact) mass is 295 g/mol. The number of carbonyl (C=O) groups is 2. The molecule has 2 aromatic heterocycles. The van der Waals surface area contributed by atoms with Gasteiger partial charge in [0.1, 0.15) is 17.7 Å². The van der Waals surface area contributed by atoms with Gasteiger partial charge in [0.05, 0.1) is 5.69 Å². The number of aliphatic carboxylic acids is 1. The molecule has 0 atom stereocenters. The zero-order valence-corrected chi connectivity index (χ0v) is 11.7. The number of thiophene rings is 1. The first-order valence-corrected chi connectivity index (χ1v) is 6.72. The lowest BCUT2D eigenvalue weighted by Crippen LogP contribution is -2.40. The van der Waals surface area contributed by atoms with Crippen LogP contribution in [0.2, 0.25) is 0 Å². The van der Waals surface area contributed by atoms with Crippen LogP contribution >= 0.6 is 11.3 Å². The highest BCUT2D eigenvalue weighted by atomic mass is 32.1. The van der Waals surface area contributed by atoms with E-state index in [9.17, 15) is 9.59 Å². The fraction of sp³-hybridized carbons (Fsp3) is 0.364. The van der Waals surface area contributed by atoms with Crippen LogP contribution in [0.25, 0.3) is 5.69 Å². The highest BCUT2D eigenvalue weighted by molar-refractivity contribution is 7.12. The Morgan fingerprint density at radius 2 is 2.25 bits per heavy atom. The van der Waals surface area contributed by atoms with Gasteiger partial charge in [0.25, 0.3) is 5.91 Å². The molecular formula is C11H13N5O3S. The lowest BCUT2D eigenvalue weighted by Gasteiger charge is -2.24. The standard InChI is InChI=1S/C11H13N5O3S/c1-7(2)15(5-9(17)18)11(19)10-8(3-4-20-10)16-6-12-13-14-16/h3-4,6-7H,5H2,1-2H3,(H,17,18). The number of hydrogen-bond acceptors (Lipinski definition) is 6. The van der Waals surface area contributed by atoms with Crippen LogP contribution in [0.5, 0.6) is 0 Å². The van der Waals surface area contributed by atoms with Crippen molar-refractivity contribution in [1.82, 2.24) is 25.1 Å². The average Bonchev–Trinajstić information content (AvgIpc) is 3.03. The maximum absolute atomic E-state index is 12.5. The summed E-state index contributed by atoms with van der Waals surface area (Å²) in [6.07, 6.45) is 1.38. The number of carboxylic acid groups (broad SMARTS) is 1. The van der Waals surface area contributed by atoms with Gasteiger partial charge in [-0.05, 0) is 35.7 Å². The Morgan fingerprint density at radius 3 is 2.80 bits per heavy atom. The molecule has 2 heterocycles. The van der Waals surface area contributed by atoms with Gasteiger partial charge in [0, 0.05) is 6.04 Å². The Bertz CT molecular complexity index is 607. The van der Waals surface area contributed by atoms with Gasteiger partial charge in [-0.1, -0.05) is 0 Å².